The fourth-order valence-corrected chi connectivity index (χ4v) is 2.38. The molecule has 0 aliphatic rings. The van der Waals surface area contributed by atoms with Crippen LogP contribution in [0.25, 0.3) is 6.08 Å². The fraction of sp³-hybridized carbons (Fsp3) is 0.211. The van der Waals surface area contributed by atoms with Crippen LogP contribution < -0.4 is 23.7 Å². The second-order valence-electron chi connectivity index (χ2n) is 5.31. The van der Waals surface area contributed by atoms with Gasteiger partial charge in [0.05, 0.1) is 38.9 Å². The van der Waals surface area contributed by atoms with E-state index in [0.29, 0.717) is 22.8 Å². The van der Waals surface area contributed by atoms with Gasteiger partial charge >= 0.3 is 5.97 Å². The van der Waals surface area contributed by atoms with E-state index in [1.54, 1.807) is 6.07 Å². The van der Waals surface area contributed by atoms with Crippen LogP contribution in [0.4, 0.5) is 0 Å². The molecule has 148 valence electrons. The Morgan fingerprint density at radius 3 is 2.00 bits per heavy atom. The number of nitrogens with zero attached hydrogens (tertiary/aromatic N) is 1. The maximum absolute atomic E-state index is 12.6. The predicted octanol–water partition coefficient (Wildman–Crippen LogP) is 3.19. The molecule has 0 aromatic heterocycles. The normalized spacial score (nSPS) is 10.4. The Labute approximate surface area is 161 Å². The summed E-state index contributed by atoms with van der Waals surface area (Å²) in [6.07, 6.45) is 2.10. The number of benzene rings is 2. The van der Waals surface area contributed by atoms with Crippen LogP contribution in [-0.2, 0) is 0 Å². The van der Waals surface area contributed by atoms with Crippen molar-refractivity contribution in [3.8, 4) is 28.7 Å². The summed E-state index contributed by atoms with van der Waals surface area (Å²) in [4.78, 5) is 22.4. The van der Waals surface area contributed by atoms with E-state index in [1.807, 2.05) is 0 Å². The van der Waals surface area contributed by atoms with Gasteiger partial charge in [-0.3, -0.25) is 10.1 Å². The number of carbonyl (C=O) groups is 1. The van der Waals surface area contributed by atoms with E-state index in [2.05, 4.69) is 0 Å². The van der Waals surface area contributed by atoms with Gasteiger partial charge in [-0.1, -0.05) is 6.07 Å². The number of hydrogen-bond acceptors (Lipinski definition) is 8. The number of hydrogen-bond donors (Lipinski definition) is 0. The number of carbonyl (C=O) groups excluding carboxylic acids is 1. The minimum atomic E-state index is -0.675. The first-order valence-corrected chi connectivity index (χ1v) is 7.95. The Bertz CT molecular complexity index is 882. The van der Waals surface area contributed by atoms with Gasteiger partial charge in [0.1, 0.15) is 0 Å². The molecule has 0 atom stereocenters. The summed E-state index contributed by atoms with van der Waals surface area (Å²) in [5.74, 6) is 0.681. The molecule has 2 aromatic carbocycles. The van der Waals surface area contributed by atoms with Gasteiger partial charge in [0.15, 0.2) is 23.0 Å². The molecule has 0 bridgehead atoms. The minimum absolute atomic E-state index is 0.152. The van der Waals surface area contributed by atoms with Crippen molar-refractivity contribution in [3.05, 3.63) is 57.8 Å². The van der Waals surface area contributed by atoms with Gasteiger partial charge in [-0.05, 0) is 29.8 Å². The van der Waals surface area contributed by atoms with Crippen molar-refractivity contribution in [1.82, 2.24) is 0 Å². The average Bonchev–Trinajstić information content (AvgIpc) is 2.71. The van der Waals surface area contributed by atoms with Crippen LogP contribution in [0, 0.1) is 10.1 Å². The van der Waals surface area contributed by atoms with Crippen molar-refractivity contribution >= 4 is 12.0 Å². The summed E-state index contributed by atoms with van der Waals surface area (Å²) in [6.45, 7) is 0. The van der Waals surface area contributed by atoms with Crippen LogP contribution >= 0.6 is 0 Å². The van der Waals surface area contributed by atoms with E-state index in [9.17, 15) is 14.9 Å². The molecule has 0 aliphatic carbocycles. The molecule has 0 spiro atoms. The van der Waals surface area contributed by atoms with Crippen LogP contribution in [0.3, 0.4) is 0 Å². The van der Waals surface area contributed by atoms with Crippen molar-refractivity contribution < 1.29 is 33.4 Å². The lowest BCUT2D eigenvalue weighted by Crippen LogP contribution is -2.10. The molecule has 0 N–H and O–H groups in total. The molecule has 2 aromatic rings. The number of nitro groups is 1. The average molecular weight is 389 g/mol. The van der Waals surface area contributed by atoms with Gasteiger partial charge in [-0.2, -0.15) is 0 Å². The molecule has 2 rings (SSSR count). The SMILES string of the molecule is COc1cc(/C=C/[N+](=O)[O-])ccc1OC(=O)c1cc(OC)c(OC)c(OC)c1. The van der Waals surface area contributed by atoms with Crippen LogP contribution in [-0.4, -0.2) is 39.3 Å². The molecule has 0 heterocycles. The van der Waals surface area contributed by atoms with E-state index in [-0.39, 0.29) is 17.1 Å². The lowest BCUT2D eigenvalue weighted by molar-refractivity contribution is -0.400. The standard InChI is InChI=1S/C19H19NO8/c1-24-15-9-12(7-8-20(22)23)5-6-14(15)28-19(21)13-10-16(25-2)18(27-4)17(11-13)26-3/h5-11H,1-4H3/b8-7+. The quantitative estimate of drug-likeness (QED) is 0.293. The summed E-state index contributed by atoms with van der Waals surface area (Å²) in [5, 5.41) is 10.4. The molecule has 0 fully saturated rings. The maximum atomic E-state index is 12.6. The van der Waals surface area contributed by atoms with Gasteiger partial charge in [0.25, 0.3) is 0 Å². The highest BCUT2D eigenvalue weighted by Crippen LogP contribution is 2.38. The van der Waals surface area contributed by atoms with Crippen LogP contribution in [0.1, 0.15) is 15.9 Å². The first kappa shape index (κ1) is 20.6. The Morgan fingerprint density at radius 2 is 1.50 bits per heavy atom. The highest BCUT2D eigenvalue weighted by atomic mass is 16.6. The third-order valence-corrected chi connectivity index (χ3v) is 3.68. The first-order chi connectivity index (χ1) is 13.4. The van der Waals surface area contributed by atoms with Crippen LogP contribution in [0.5, 0.6) is 28.7 Å². The number of methoxy groups -OCH3 is 4. The zero-order valence-corrected chi connectivity index (χ0v) is 15.8. The fourth-order valence-electron chi connectivity index (χ4n) is 2.38. The molecule has 9 heteroatoms. The Kier molecular flexibility index (Phi) is 6.80. The largest absolute Gasteiger partial charge is 0.493 e. The highest BCUT2D eigenvalue weighted by Gasteiger charge is 2.19. The molecule has 0 amide bonds. The van der Waals surface area contributed by atoms with Gasteiger partial charge in [0, 0.05) is 6.08 Å². The first-order valence-electron chi connectivity index (χ1n) is 7.95. The molecule has 0 saturated heterocycles. The van der Waals surface area contributed by atoms with Crippen molar-refractivity contribution in [3.63, 3.8) is 0 Å². The van der Waals surface area contributed by atoms with E-state index < -0.39 is 10.9 Å². The smallest absolute Gasteiger partial charge is 0.343 e. The van der Waals surface area contributed by atoms with Gasteiger partial charge in [-0.15, -0.1) is 0 Å². The third kappa shape index (κ3) is 4.70. The second kappa shape index (κ2) is 9.26. The van der Waals surface area contributed by atoms with E-state index in [0.717, 1.165) is 6.20 Å². The molecule has 0 saturated carbocycles. The molecule has 0 unspecified atom stereocenters. The maximum Gasteiger partial charge on any atom is 0.343 e. The highest BCUT2D eigenvalue weighted by molar-refractivity contribution is 5.93. The topological polar surface area (TPSA) is 106 Å². The predicted molar refractivity (Wildman–Crippen MR) is 100 cm³/mol. The lowest BCUT2D eigenvalue weighted by Gasteiger charge is -2.14. The van der Waals surface area contributed by atoms with Gasteiger partial charge in [0.2, 0.25) is 11.9 Å². The van der Waals surface area contributed by atoms with Crippen molar-refractivity contribution in [2.75, 3.05) is 28.4 Å². The molecular weight excluding hydrogens is 370 g/mol. The van der Waals surface area contributed by atoms with Gasteiger partial charge < -0.3 is 23.7 Å². The number of rotatable bonds is 8. The number of ether oxygens (including phenoxy) is 5. The lowest BCUT2D eigenvalue weighted by atomic mass is 10.1. The molecule has 28 heavy (non-hydrogen) atoms. The zero-order valence-electron chi connectivity index (χ0n) is 15.8. The molecule has 0 aliphatic heterocycles. The Balaban J connectivity index is 2.33. The monoisotopic (exact) mass is 389 g/mol. The summed E-state index contributed by atoms with van der Waals surface area (Å²) in [5.41, 5.74) is 0.690. The summed E-state index contributed by atoms with van der Waals surface area (Å²) < 4.78 is 26.3. The zero-order chi connectivity index (χ0) is 20.7. The molecular formula is C19H19NO8. The van der Waals surface area contributed by atoms with E-state index in [4.69, 9.17) is 23.7 Å². The number of esters is 1. The summed E-state index contributed by atoms with van der Waals surface area (Å²) in [7, 11) is 5.73. The van der Waals surface area contributed by atoms with Crippen LogP contribution in [0.15, 0.2) is 36.5 Å². The van der Waals surface area contributed by atoms with Crippen molar-refractivity contribution in [1.29, 1.82) is 0 Å². The third-order valence-electron chi connectivity index (χ3n) is 3.68. The molecule has 9 nitrogen and oxygen atoms in total. The minimum Gasteiger partial charge on any atom is -0.493 e. The van der Waals surface area contributed by atoms with Gasteiger partial charge in [-0.25, -0.2) is 4.79 Å². The Morgan fingerprint density at radius 1 is 0.893 bits per heavy atom. The van der Waals surface area contributed by atoms with E-state index in [1.165, 1.54) is 58.8 Å². The summed E-state index contributed by atoms with van der Waals surface area (Å²) in [6, 6.07) is 7.47. The molecule has 0 radical (unpaired) electrons. The van der Waals surface area contributed by atoms with Crippen molar-refractivity contribution in [2.24, 2.45) is 0 Å². The summed E-state index contributed by atoms with van der Waals surface area (Å²) >= 11 is 0. The van der Waals surface area contributed by atoms with Crippen LogP contribution in [0.2, 0.25) is 0 Å². The second-order valence-corrected chi connectivity index (χ2v) is 5.31. The van der Waals surface area contributed by atoms with E-state index >= 15 is 0 Å². The Hall–Kier alpha value is -3.75. The van der Waals surface area contributed by atoms with Crippen molar-refractivity contribution in [2.45, 2.75) is 0 Å².